The standard InChI is InChI=1S/C20H17NO2/c1-14-6-11-20-17(12-14)8-10-18(21-20)9-7-16-4-3-5-19(13-16)23-15(2)22/h3-13H,1-2H3/b9-7+. The van der Waals surface area contributed by atoms with Crippen LogP contribution in [0.15, 0.2) is 54.6 Å². The Hall–Kier alpha value is -2.94. The van der Waals surface area contributed by atoms with Gasteiger partial charge < -0.3 is 4.74 Å². The number of benzene rings is 2. The predicted molar refractivity (Wildman–Crippen MR) is 93.2 cm³/mol. The van der Waals surface area contributed by atoms with Crippen LogP contribution in [0.3, 0.4) is 0 Å². The molecule has 114 valence electrons. The Bertz CT molecular complexity index is 897. The summed E-state index contributed by atoms with van der Waals surface area (Å²) in [6.45, 7) is 3.46. The van der Waals surface area contributed by atoms with Gasteiger partial charge in [-0.25, -0.2) is 4.98 Å². The maximum absolute atomic E-state index is 11.0. The van der Waals surface area contributed by atoms with E-state index >= 15 is 0 Å². The molecule has 0 N–H and O–H groups in total. The zero-order chi connectivity index (χ0) is 16.2. The fourth-order valence-electron chi connectivity index (χ4n) is 2.38. The Morgan fingerprint density at radius 2 is 1.91 bits per heavy atom. The summed E-state index contributed by atoms with van der Waals surface area (Å²) in [5.41, 5.74) is 4.05. The molecule has 3 aromatic rings. The number of hydrogen-bond acceptors (Lipinski definition) is 3. The van der Waals surface area contributed by atoms with Crippen molar-refractivity contribution in [3.05, 3.63) is 71.4 Å². The number of fused-ring (bicyclic) bond motifs is 1. The molecule has 0 bridgehead atoms. The van der Waals surface area contributed by atoms with Crippen LogP contribution >= 0.6 is 0 Å². The van der Waals surface area contributed by atoms with Gasteiger partial charge in [-0.15, -0.1) is 0 Å². The van der Waals surface area contributed by atoms with Gasteiger partial charge in [-0.1, -0.05) is 35.9 Å². The maximum Gasteiger partial charge on any atom is 0.308 e. The predicted octanol–water partition coefficient (Wildman–Crippen LogP) is 4.64. The molecule has 0 amide bonds. The molecule has 3 rings (SSSR count). The quantitative estimate of drug-likeness (QED) is 0.522. The van der Waals surface area contributed by atoms with Gasteiger partial charge in [-0.05, 0) is 48.9 Å². The third kappa shape index (κ3) is 3.83. The number of esters is 1. The lowest BCUT2D eigenvalue weighted by Crippen LogP contribution is -2.00. The van der Waals surface area contributed by atoms with E-state index in [0.717, 1.165) is 22.2 Å². The van der Waals surface area contributed by atoms with Crippen molar-refractivity contribution in [2.24, 2.45) is 0 Å². The number of pyridine rings is 1. The normalized spacial score (nSPS) is 11.0. The van der Waals surface area contributed by atoms with Crippen LogP contribution in [0.1, 0.15) is 23.7 Å². The van der Waals surface area contributed by atoms with Gasteiger partial charge in [0.1, 0.15) is 5.75 Å². The summed E-state index contributed by atoms with van der Waals surface area (Å²) in [6, 6.07) is 17.7. The molecule has 0 saturated carbocycles. The topological polar surface area (TPSA) is 39.2 Å². The van der Waals surface area contributed by atoms with Crippen molar-refractivity contribution in [2.75, 3.05) is 0 Å². The van der Waals surface area contributed by atoms with Crippen molar-refractivity contribution in [1.82, 2.24) is 4.98 Å². The molecule has 0 saturated heterocycles. The van der Waals surface area contributed by atoms with Crippen molar-refractivity contribution < 1.29 is 9.53 Å². The number of carbonyl (C=O) groups is 1. The summed E-state index contributed by atoms with van der Waals surface area (Å²) < 4.78 is 5.09. The van der Waals surface area contributed by atoms with E-state index in [2.05, 4.69) is 30.1 Å². The van der Waals surface area contributed by atoms with Crippen LogP contribution < -0.4 is 4.74 Å². The van der Waals surface area contributed by atoms with Crippen molar-refractivity contribution in [2.45, 2.75) is 13.8 Å². The number of ether oxygens (including phenoxy) is 1. The number of aromatic nitrogens is 1. The fourth-order valence-corrected chi connectivity index (χ4v) is 2.38. The van der Waals surface area contributed by atoms with Crippen LogP contribution in [0.25, 0.3) is 23.1 Å². The first-order valence-corrected chi connectivity index (χ1v) is 7.44. The number of nitrogens with zero attached hydrogens (tertiary/aromatic N) is 1. The highest BCUT2D eigenvalue weighted by Crippen LogP contribution is 2.18. The molecular formula is C20H17NO2. The van der Waals surface area contributed by atoms with E-state index in [0.29, 0.717) is 5.75 Å². The minimum absolute atomic E-state index is 0.322. The van der Waals surface area contributed by atoms with Crippen LogP contribution in [0.2, 0.25) is 0 Å². The Morgan fingerprint density at radius 1 is 1.04 bits per heavy atom. The van der Waals surface area contributed by atoms with Crippen molar-refractivity contribution in [3.63, 3.8) is 0 Å². The molecule has 2 aromatic carbocycles. The third-order valence-electron chi connectivity index (χ3n) is 3.43. The Morgan fingerprint density at radius 3 is 2.74 bits per heavy atom. The molecule has 0 radical (unpaired) electrons. The van der Waals surface area contributed by atoms with Crippen molar-refractivity contribution in [3.8, 4) is 5.75 Å². The lowest BCUT2D eigenvalue weighted by atomic mass is 10.1. The lowest BCUT2D eigenvalue weighted by molar-refractivity contribution is -0.131. The van der Waals surface area contributed by atoms with Crippen LogP contribution in [0.4, 0.5) is 0 Å². The van der Waals surface area contributed by atoms with Crippen molar-refractivity contribution >= 4 is 29.0 Å². The first-order chi connectivity index (χ1) is 11.1. The maximum atomic E-state index is 11.0. The van der Waals surface area contributed by atoms with Crippen LogP contribution in [0.5, 0.6) is 5.75 Å². The molecule has 1 aromatic heterocycles. The van der Waals surface area contributed by atoms with Gasteiger partial charge in [-0.3, -0.25) is 4.79 Å². The van der Waals surface area contributed by atoms with E-state index in [1.165, 1.54) is 12.5 Å². The summed E-state index contributed by atoms with van der Waals surface area (Å²) >= 11 is 0. The van der Waals surface area contributed by atoms with Gasteiger partial charge in [0.05, 0.1) is 11.2 Å². The minimum atomic E-state index is -0.322. The first-order valence-electron chi connectivity index (χ1n) is 7.44. The summed E-state index contributed by atoms with van der Waals surface area (Å²) in [5, 5.41) is 1.14. The molecule has 0 fully saturated rings. The van der Waals surface area contributed by atoms with E-state index in [1.807, 2.05) is 42.5 Å². The summed E-state index contributed by atoms with van der Waals surface area (Å²) in [5.74, 6) is 0.221. The monoisotopic (exact) mass is 303 g/mol. The molecule has 1 heterocycles. The molecule has 3 heteroatoms. The van der Waals surface area contributed by atoms with E-state index in [9.17, 15) is 4.79 Å². The SMILES string of the molecule is CC(=O)Oc1cccc(/C=C/c2ccc3cc(C)ccc3n2)c1. The zero-order valence-electron chi connectivity index (χ0n) is 13.1. The molecule has 0 unspecified atom stereocenters. The highest BCUT2D eigenvalue weighted by molar-refractivity contribution is 5.81. The van der Waals surface area contributed by atoms with Gasteiger partial charge >= 0.3 is 5.97 Å². The minimum Gasteiger partial charge on any atom is -0.427 e. The fraction of sp³-hybridized carbons (Fsp3) is 0.100. The molecular weight excluding hydrogens is 286 g/mol. The molecule has 0 spiro atoms. The Labute approximate surface area is 135 Å². The van der Waals surface area contributed by atoms with E-state index in [4.69, 9.17) is 4.74 Å². The van der Waals surface area contributed by atoms with Crippen LogP contribution in [0, 0.1) is 6.92 Å². The molecule has 0 aliphatic heterocycles. The zero-order valence-corrected chi connectivity index (χ0v) is 13.1. The van der Waals surface area contributed by atoms with E-state index in [1.54, 1.807) is 6.07 Å². The smallest absolute Gasteiger partial charge is 0.308 e. The van der Waals surface area contributed by atoms with Crippen LogP contribution in [-0.2, 0) is 4.79 Å². The number of rotatable bonds is 3. The van der Waals surface area contributed by atoms with Gasteiger partial charge in [0.2, 0.25) is 0 Å². The summed E-state index contributed by atoms with van der Waals surface area (Å²) in [6.07, 6.45) is 3.90. The van der Waals surface area contributed by atoms with Gasteiger partial charge in [0.25, 0.3) is 0 Å². The Kier molecular flexibility index (Phi) is 4.20. The highest BCUT2D eigenvalue weighted by atomic mass is 16.5. The highest BCUT2D eigenvalue weighted by Gasteiger charge is 1.99. The molecule has 3 nitrogen and oxygen atoms in total. The van der Waals surface area contributed by atoms with Gasteiger partial charge in [-0.2, -0.15) is 0 Å². The summed E-state index contributed by atoms with van der Waals surface area (Å²) in [7, 11) is 0. The molecule has 0 aliphatic carbocycles. The van der Waals surface area contributed by atoms with Crippen LogP contribution in [-0.4, -0.2) is 11.0 Å². The average Bonchev–Trinajstić information content (AvgIpc) is 2.52. The second-order valence-electron chi connectivity index (χ2n) is 5.43. The molecule has 23 heavy (non-hydrogen) atoms. The second-order valence-corrected chi connectivity index (χ2v) is 5.43. The largest absolute Gasteiger partial charge is 0.427 e. The average molecular weight is 303 g/mol. The molecule has 0 atom stereocenters. The van der Waals surface area contributed by atoms with Crippen molar-refractivity contribution in [1.29, 1.82) is 0 Å². The van der Waals surface area contributed by atoms with Gasteiger partial charge in [0.15, 0.2) is 0 Å². The van der Waals surface area contributed by atoms with Gasteiger partial charge in [0, 0.05) is 12.3 Å². The number of aryl methyl sites for hydroxylation is 1. The number of carbonyl (C=O) groups excluding carboxylic acids is 1. The Balaban J connectivity index is 1.85. The molecule has 0 aliphatic rings. The lowest BCUT2D eigenvalue weighted by Gasteiger charge is -2.02. The van der Waals surface area contributed by atoms with E-state index < -0.39 is 0 Å². The first kappa shape index (κ1) is 15.0. The van der Waals surface area contributed by atoms with E-state index in [-0.39, 0.29) is 5.97 Å². The number of hydrogen-bond donors (Lipinski definition) is 0. The summed E-state index contributed by atoms with van der Waals surface area (Å²) in [4.78, 5) is 15.6. The third-order valence-corrected chi connectivity index (χ3v) is 3.43. The second kappa shape index (κ2) is 6.44.